The molecule has 3 rings (SSSR count). The number of ether oxygens (including phenoxy) is 3. The number of methoxy groups -OCH3 is 1. The number of amides is 1. The average Bonchev–Trinajstić information content (AvgIpc) is 2.90. The lowest BCUT2D eigenvalue weighted by molar-refractivity contribution is -0.136. The van der Waals surface area contributed by atoms with Crippen molar-refractivity contribution in [1.29, 1.82) is 5.26 Å². The minimum Gasteiger partial charge on any atom is -0.493 e. The van der Waals surface area contributed by atoms with Gasteiger partial charge >= 0.3 is 5.97 Å². The molecule has 1 amide bonds. The fraction of sp³-hybridized carbons (Fsp3) is 0.233. The van der Waals surface area contributed by atoms with Crippen LogP contribution in [0.3, 0.4) is 0 Å². The first-order chi connectivity index (χ1) is 17.7. The van der Waals surface area contributed by atoms with E-state index in [0.717, 1.165) is 11.1 Å². The Kier molecular flexibility index (Phi) is 9.06. The van der Waals surface area contributed by atoms with Crippen molar-refractivity contribution in [3.8, 4) is 23.3 Å². The molecule has 37 heavy (non-hydrogen) atoms. The van der Waals surface area contributed by atoms with Crippen LogP contribution in [0.5, 0.6) is 17.2 Å². The number of hydrogen-bond acceptors (Lipinski definition) is 6. The Morgan fingerprint density at radius 1 is 0.946 bits per heavy atom. The molecule has 0 aliphatic heterocycles. The molecule has 3 aromatic carbocycles. The van der Waals surface area contributed by atoms with Crippen LogP contribution in [0.2, 0.25) is 0 Å². The van der Waals surface area contributed by atoms with E-state index in [-0.39, 0.29) is 29.1 Å². The SMILES string of the molecule is COc1cc(/C=C(\C#N)C(=O)NCc2ccccc2)ccc1OC(=O)COc1ccccc1C(C)(C)C. The van der Waals surface area contributed by atoms with Gasteiger partial charge in [-0.15, -0.1) is 0 Å². The molecule has 0 spiro atoms. The van der Waals surface area contributed by atoms with Gasteiger partial charge in [-0.3, -0.25) is 4.79 Å². The largest absolute Gasteiger partial charge is 0.493 e. The smallest absolute Gasteiger partial charge is 0.349 e. The number of nitriles is 1. The Morgan fingerprint density at radius 3 is 2.32 bits per heavy atom. The number of rotatable bonds is 9. The number of nitrogens with zero attached hydrogens (tertiary/aromatic N) is 1. The summed E-state index contributed by atoms with van der Waals surface area (Å²) in [5, 5.41) is 12.2. The molecule has 3 aromatic rings. The second kappa shape index (κ2) is 12.4. The third-order valence-electron chi connectivity index (χ3n) is 5.42. The fourth-order valence-electron chi connectivity index (χ4n) is 3.55. The first-order valence-corrected chi connectivity index (χ1v) is 11.8. The highest BCUT2D eigenvalue weighted by atomic mass is 16.6. The molecule has 0 fully saturated rings. The Hall–Kier alpha value is -4.57. The summed E-state index contributed by atoms with van der Waals surface area (Å²) in [6.45, 7) is 6.23. The van der Waals surface area contributed by atoms with Crippen LogP contribution in [0.1, 0.15) is 37.5 Å². The second-order valence-electron chi connectivity index (χ2n) is 9.26. The molecule has 0 saturated carbocycles. The van der Waals surface area contributed by atoms with Crippen LogP contribution in [0.25, 0.3) is 6.08 Å². The second-order valence-corrected chi connectivity index (χ2v) is 9.26. The summed E-state index contributed by atoms with van der Waals surface area (Å²) in [6.07, 6.45) is 1.45. The van der Waals surface area contributed by atoms with Crippen molar-refractivity contribution >= 4 is 18.0 Å². The number of carbonyl (C=O) groups excluding carboxylic acids is 2. The minimum absolute atomic E-state index is 0.0614. The highest BCUT2D eigenvalue weighted by Gasteiger charge is 2.20. The molecular formula is C30H30N2O5. The standard InChI is InChI=1S/C30H30N2O5/c1-30(2,3)24-12-8-9-13-25(24)36-20-28(33)37-26-15-14-22(17-27(26)35-4)16-23(18-31)29(34)32-19-21-10-6-5-7-11-21/h5-17H,19-20H2,1-4H3,(H,32,34)/b23-16+. The molecule has 0 unspecified atom stereocenters. The molecule has 0 saturated heterocycles. The van der Waals surface area contributed by atoms with Crippen LogP contribution in [-0.2, 0) is 21.5 Å². The molecule has 190 valence electrons. The number of nitrogens with one attached hydrogen (secondary N) is 1. The molecule has 0 bridgehead atoms. The molecule has 0 atom stereocenters. The van der Waals surface area contributed by atoms with Crippen LogP contribution in [0.4, 0.5) is 0 Å². The summed E-state index contributed by atoms with van der Waals surface area (Å²) in [5.41, 5.74) is 2.24. The topological polar surface area (TPSA) is 97.6 Å². The van der Waals surface area contributed by atoms with Gasteiger partial charge in [-0.25, -0.2) is 4.79 Å². The summed E-state index contributed by atoms with van der Waals surface area (Å²) in [6, 6.07) is 23.6. The summed E-state index contributed by atoms with van der Waals surface area (Å²) in [7, 11) is 1.44. The minimum atomic E-state index is -0.594. The highest BCUT2D eigenvalue weighted by Crippen LogP contribution is 2.32. The van der Waals surface area contributed by atoms with Gasteiger partial charge < -0.3 is 19.5 Å². The van der Waals surface area contributed by atoms with Gasteiger partial charge in [-0.05, 0) is 46.4 Å². The highest BCUT2D eigenvalue weighted by molar-refractivity contribution is 6.01. The Bertz CT molecular complexity index is 1320. The van der Waals surface area contributed by atoms with Crippen molar-refractivity contribution in [1.82, 2.24) is 5.32 Å². The van der Waals surface area contributed by atoms with E-state index >= 15 is 0 Å². The third kappa shape index (κ3) is 7.71. The molecular weight excluding hydrogens is 468 g/mol. The molecule has 0 aliphatic carbocycles. The Labute approximate surface area is 217 Å². The van der Waals surface area contributed by atoms with Crippen molar-refractivity contribution in [2.24, 2.45) is 0 Å². The van der Waals surface area contributed by atoms with E-state index in [4.69, 9.17) is 14.2 Å². The van der Waals surface area contributed by atoms with E-state index in [1.165, 1.54) is 13.2 Å². The molecule has 0 heterocycles. The maximum Gasteiger partial charge on any atom is 0.349 e. The average molecular weight is 499 g/mol. The lowest BCUT2D eigenvalue weighted by Gasteiger charge is -2.22. The zero-order valence-electron chi connectivity index (χ0n) is 21.4. The quantitative estimate of drug-likeness (QED) is 0.188. The normalized spacial score (nSPS) is 11.3. The van der Waals surface area contributed by atoms with Crippen LogP contribution >= 0.6 is 0 Å². The van der Waals surface area contributed by atoms with Gasteiger partial charge in [0.1, 0.15) is 17.4 Å². The first-order valence-electron chi connectivity index (χ1n) is 11.8. The van der Waals surface area contributed by atoms with E-state index in [0.29, 0.717) is 17.9 Å². The van der Waals surface area contributed by atoms with Crippen LogP contribution in [-0.4, -0.2) is 25.6 Å². The van der Waals surface area contributed by atoms with Crippen molar-refractivity contribution in [3.63, 3.8) is 0 Å². The maximum absolute atomic E-state index is 12.5. The number of carbonyl (C=O) groups is 2. The molecule has 7 nitrogen and oxygen atoms in total. The van der Waals surface area contributed by atoms with E-state index in [2.05, 4.69) is 26.1 Å². The van der Waals surface area contributed by atoms with Gasteiger partial charge in [-0.1, -0.05) is 75.4 Å². The molecule has 7 heteroatoms. The van der Waals surface area contributed by atoms with Crippen LogP contribution in [0.15, 0.2) is 78.4 Å². The number of para-hydroxylation sites is 1. The van der Waals surface area contributed by atoms with E-state index in [1.807, 2.05) is 60.7 Å². The van der Waals surface area contributed by atoms with Crippen molar-refractivity contribution in [2.45, 2.75) is 32.7 Å². The van der Waals surface area contributed by atoms with E-state index in [1.54, 1.807) is 18.2 Å². The predicted molar refractivity (Wildman–Crippen MR) is 141 cm³/mol. The van der Waals surface area contributed by atoms with Crippen LogP contribution < -0.4 is 19.5 Å². The molecule has 0 aromatic heterocycles. The predicted octanol–water partition coefficient (Wildman–Crippen LogP) is 5.20. The van der Waals surface area contributed by atoms with Gasteiger partial charge in [-0.2, -0.15) is 5.26 Å². The lowest BCUT2D eigenvalue weighted by Crippen LogP contribution is -2.23. The monoisotopic (exact) mass is 498 g/mol. The number of esters is 1. The third-order valence-corrected chi connectivity index (χ3v) is 5.42. The maximum atomic E-state index is 12.5. The number of benzene rings is 3. The zero-order chi connectivity index (χ0) is 26.8. The van der Waals surface area contributed by atoms with Gasteiger partial charge in [0.25, 0.3) is 5.91 Å². The Morgan fingerprint density at radius 2 is 1.65 bits per heavy atom. The zero-order valence-corrected chi connectivity index (χ0v) is 21.4. The summed E-state index contributed by atoms with van der Waals surface area (Å²) in [5.74, 6) is 0.00867. The van der Waals surface area contributed by atoms with E-state index in [9.17, 15) is 14.9 Å². The fourth-order valence-corrected chi connectivity index (χ4v) is 3.55. The lowest BCUT2D eigenvalue weighted by atomic mass is 9.86. The van der Waals surface area contributed by atoms with Gasteiger partial charge in [0.05, 0.1) is 7.11 Å². The summed E-state index contributed by atoms with van der Waals surface area (Å²) in [4.78, 5) is 25.0. The summed E-state index contributed by atoms with van der Waals surface area (Å²) < 4.78 is 16.6. The number of hydrogen-bond donors (Lipinski definition) is 1. The van der Waals surface area contributed by atoms with Crippen LogP contribution in [0, 0.1) is 11.3 Å². The van der Waals surface area contributed by atoms with Crippen molar-refractivity contribution < 1.29 is 23.8 Å². The summed E-state index contributed by atoms with van der Waals surface area (Å²) >= 11 is 0. The van der Waals surface area contributed by atoms with Crippen molar-refractivity contribution in [3.05, 3.63) is 95.1 Å². The molecule has 0 radical (unpaired) electrons. The Balaban J connectivity index is 1.66. The van der Waals surface area contributed by atoms with Gasteiger partial charge in [0.2, 0.25) is 0 Å². The molecule has 1 N–H and O–H groups in total. The van der Waals surface area contributed by atoms with E-state index < -0.39 is 11.9 Å². The molecule has 0 aliphatic rings. The van der Waals surface area contributed by atoms with Gasteiger partial charge in [0.15, 0.2) is 18.1 Å². The van der Waals surface area contributed by atoms with Crippen molar-refractivity contribution in [2.75, 3.05) is 13.7 Å². The van der Waals surface area contributed by atoms with Gasteiger partial charge in [0, 0.05) is 6.54 Å². The first kappa shape index (κ1) is 27.0.